The zero-order valence-electron chi connectivity index (χ0n) is 9.00. The zero-order chi connectivity index (χ0) is 11.3. The van der Waals surface area contributed by atoms with Crippen molar-refractivity contribution < 1.29 is 9.84 Å². The molecule has 2 heterocycles. The lowest BCUT2D eigenvalue weighted by Gasteiger charge is -2.29. The van der Waals surface area contributed by atoms with Gasteiger partial charge in [-0.15, -0.1) is 0 Å². The molecule has 2 atom stereocenters. The van der Waals surface area contributed by atoms with Gasteiger partial charge in [0.15, 0.2) is 0 Å². The van der Waals surface area contributed by atoms with E-state index in [9.17, 15) is 5.11 Å². The molecule has 1 aromatic carbocycles. The van der Waals surface area contributed by atoms with Crippen LogP contribution in [0.25, 0.3) is 0 Å². The van der Waals surface area contributed by atoms with Gasteiger partial charge in [0.25, 0.3) is 0 Å². The minimum atomic E-state index is -0.391. The lowest BCUT2D eigenvalue weighted by Crippen LogP contribution is -2.19. The molecule has 0 saturated carbocycles. The Bertz CT molecular complexity index is 447. The molecule has 16 heavy (non-hydrogen) atoms. The first-order valence-electron chi connectivity index (χ1n) is 5.45. The minimum absolute atomic E-state index is 0.253. The number of thioether (sulfide) groups is 1. The molecular weight excluding hydrogens is 288 g/mol. The Hall–Kier alpha value is -0.190. The fraction of sp³-hybridized carbons (Fsp3) is 0.500. The molecule has 0 aromatic heterocycles. The molecule has 0 amide bonds. The van der Waals surface area contributed by atoms with Crippen molar-refractivity contribution in [2.24, 2.45) is 0 Å². The predicted molar refractivity (Wildman–Crippen MR) is 69.1 cm³/mol. The number of fused-ring (bicyclic) bond motifs is 3. The SMILES string of the molecule is CC1SCc2c3c(cc(Br)c2C1O)CCO3. The summed E-state index contributed by atoms with van der Waals surface area (Å²) >= 11 is 5.37. The first kappa shape index (κ1) is 10.9. The summed E-state index contributed by atoms with van der Waals surface area (Å²) in [6.07, 6.45) is 0.593. The molecule has 0 fully saturated rings. The van der Waals surface area contributed by atoms with Crippen LogP contribution in [0.4, 0.5) is 0 Å². The highest BCUT2D eigenvalue weighted by atomic mass is 79.9. The van der Waals surface area contributed by atoms with Crippen LogP contribution in [0, 0.1) is 0 Å². The van der Waals surface area contributed by atoms with E-state index in [-0.39, 0.29) is 5.25 Å². The number of hydrogen-bond acceptors (Lipinski definition) is 3. The largest absolute Gasteiger partial charge is 0.493 e. The van der Waals surface area contributed by atoms with Crippen molar-refractivity contribution >= 4 is 27.7 Å². The van der Waals surface area contributed by atoms with Gasteiger partial charge in [0.1, 0.15) is 5.75 Å². The van der Waals surface area contributed by atoms with E-state index in [1.807, 2.05) is 0 Å². The topological polar surface area (TPSA) is 29.5 Å². The summed E-state index contributed by atoms with van der Waals surface area (Å²) in [4.78, 5) is 0. The van der Waals surface area contributed by atoms with Gasteiger partial charge in [-0.05, 0) is 11.6 Å². The highest BCUT2D eigenvalue weighted by Gasteiger charge is 2.32. The van der Waals surface area contributed by atoms with Crippen molar-refractivity contribution in [2.45, 2.75) is 30.5 Å². The summed E-state index contributed by atoms with van der Waals surface area (Å²) in [7, 11) is 0. The van der Waals surface area contributed by atoms with Crippen molar-refractivity contribution in [1.82, 2.24) is 0 Å². The maximum Gasteiger partial charge on any atom is 0.127 e. The molecule has 2 aliphatic rings. The van der Waals surface area contributed by atoms with Crippen molar-refractivity contribution in [3.05, 3.63) is 27.2 Å². The molecule has 0 aliphatic carbocycles. The maximum atomic E-state index is 10.2. The first-order chi connectivity index (χ1) is 7.68. The molecule has 1 N–H and O–H groups in total. The Morgan fingerprint density at radius 1 is 1.56 bits per heavy atom. The van der Waals surface area contributed by atoms with E-state index in [0.29, 0.717) is 0 Å². The summed E-state index contributed by atoms with van der Waals surface area (Å²) in [6.45, 7) is 2.84. The van der Waals surface area contributed by atoms with Crippen LogP contribution in [0.15, 0.2) is 10.5 Å². The van der Waals surface area contributed by atoms with Gasteiger partial charge in [-0.1, -0.05) is 22.9 Å². The minimum Gasteiger partial charge on any atom is -0.493 e. The third kappa shape index (κ3) is 1.50. The van der Waals surface area contributed by atoms with Gasteiger partial charge in [0.05, 0.1) is 12.7 Å². The van der Waals surface area contributed by atoms with E-state index >= 15 is 0 Å². The molecule has 4 heteroatoms. The molecule has 0 bridgehead atoms. The number of ether oxygens (including phenoxy) is 1. The lowest BCUT2D eigenvalue weighted by atomic mass is 9.97. The van der Waals surface area contributed by atoms with Crippen LogP contribution in [0.5, 0.6) is 5.75 Å². The molecule has 2 unspecified atom stereocenters. The Balaban J connectivity index is 2.21. The van der Waals surface area contributed by atoms with Crippen molar-refractivity contribution in [3.63, 3.8) is 0 Å². The molecule has 2 nitrogen and oxygen atoms in total. The monoisotopic (exact) mass is 300 g/mol. The van der Waals surface area contributed by atoms with Crippen LogP contribution in [0.2, 0.25) is 0 Å². The van der Waals surface area contributed by atoms with Gasteiger partial charge >= 0.3 is 0 Å². The average molecular weight is 301 g/mol. The number of halogens is 1. The summed E-state index contributed by atoms with van der Waals surface area (Å²) in [5.41, 5.74) is 3.50. The zero-order valence-corrected chi connectivity index (χ0v) is 11.4. The van der Waals surface area contributed by atoms with Crippen molar-refractivity contribution in [3.8, 4) is 5.75 Å². The number of aliphatic hydroxyl groups is 1. The molecule has 2 aliphatic heterocycles. The number of benzene rings is 1. The van der Waals surface area contributed by atoms with E-state index in [2.05, 4.69) is 28.9 Å². The van der Waals surface area contributed by atoms with Crippen LogP contribution < -0.4 is 4.74 Å². The van der Waals surface area contributed by atoms with Gasteiger partial charge in [-0.25, -0.2) is 0 Å². The summed E-state index contributed by atoms with van der Waals surface area (Å²) < 4.78 is 6.72. The van der Waals surface area contributed by atoms with Crippen molar-refractivity contribution in [2.75, 3.05) is 6.61 Å². The molecular formula is C12H13BrO2S. The van der Waals surface area contributed by atoms with Crippen LogP contribution in [0.3, 0.4) is 0 Å². The second-order valence-electron chi connectivity index (χ2n) is 4.30. The normalized spacial score (nSPS) is 27.2. The van der Waals surface area contributed by atoms with Gasteiger partial charge < -0.3 is 9.84 Å². The third-order valence-electron chi connectivity index (χ3n) is 3.30. The number of hydrogen-bond donors (Lipinski definition) is 1. The molecule has 0 spiro atoms. The summed E-state index contributed by atoms with van der Waals surface area (Å²) in [6, 6.07) is 2.10. The Kier molecular flexibility index (Phi) is 2.68. The molecule has 0 radical (unpaired) electrons. The summed E-state index contributed by atoms with van der Waals surface area (Å²) in [5, 5.41) is 10.5. The smallest absolute Gasteiger partial charge is 0.127 e. The fourth-order valence-electron chi connectivity index (χ4n) is 2.39. The average Bonchev–Trinajstić information content (AvgIpc) is 2.70. The van der Waals surface area contributed by atoms with Gasteiger partial charge in [-0.3, -0.25) is 0 Å². The van der Waals surface area contributed by atoms with Crippen LogP contribution in [-0.4, -0.2) is 17.0 Å². The second-order valence-corrected chi connectivity index (χ2v) is 6.52. The Morgan fingerprint density at radius 3 is 3.19 bits per heavy atom. The predicted octanol–water partition coefficient (Wildman–Crippen LogP) is 3.05. The van der Waals surface area contributed by atoms with Crippen LogP contribution in [0.1, 0.15) is 29.7 Å². The maximum absolute atomic E-state index is 10.2. The van der Waals surface area contributed by atoms with E-state index in [1.165, 1.54) is 11.1 Å². The van der Waals surface area contributed by atoms with E-state index in [1.54, 1.807) is 11.8 Å². The third-order valence-corrected chi connectivity index (χ3v) is 5.19. The quantitative estimate of drug-likeness (QED) is 0.798. The Labute approximate surface area is 108 Å². The second kappa shape index (κ2) is 3.93. The molecule has 0 saturated heterocycles. The van der Waals surface area contributed by atoms with E-state index in [4.69, 9.17) is 4.74 Å². The molecule has 86 valence electrons. The van der Waals surface area contributed by atoms with Gasteiger partial charge in [-0.2, -0.15) is 11.8 Å². The van der Waals surface area contributed by atoms with Gasteiger partial charge in [0.2, 0.25) is 0 Å². The molecule has 1 aromatic rings. The van der Waals surface area contributed by atoms with E-state index < -0.39 is 6.10 Å². The van der Waals surface area contributed by atoms with Crippen molar-refractivity contribution in [1.29, 1.82) is 0 Å². The van der Waals surface area contributed by atoms with Crippen LogP contribution in [-0.2, 0) is 12.2 Å². The standard InChI is InChI=1S/C12H13BrO2S/c1-6-11(14)10-8(5-16-6)12-7(2-3-15-12)4-9(10)13/h4,6,11,14H,2-3,5H2,1H3. The highest BCUT2D eigenvalue weighted by Crippen LogP contribution is 2.47. The molecule has 3 rings (SSSR count). The number of aliphatic hydroxyl groups excluding tert-OH is 1. The fourth-order valence-corrected chi connectivity index (χ4v) is 4.17. The first-order valence-corrected chi connectivity index (χ1v) is 7.29. The number of rotatable bonds is 0. The van der Waals surface area contributed by atoms with E-state index in [0.717, 1.165) is 34.6 Å². The highest BCUT2D eigenvalue weighted by molar-refractivity contribution is 9.10. The lowest BCUT2D eigenvalue weighted by molar-refractivity contribution is 0.175. The Morgan fingerprint density at radius 2 is 2.38 bits per heavy atom. The summed E-state index contributed by atoms with van der Waals surface area (Å²) in [5.74, 6) is 1.96. The van der Waals surface area contributed by atoms with Crippen LogP contribution >= 0.6 is 27.7 Å². The van der Waals surface area contributed by atoms with Gasteiger partial charge in [0, 0.05) is 33.0 Å².